The number of hydrogen-bond acceptors (Lipinski definition) is 4. The summed E-state index contributed by atoms with van der Waals surface area (Å²) in [5, 5.41) is 27.6. The third-order valence-electron chi connectivity index (χ3n) is 2.28. The van der Waals surface area contributed by atoms with Crippen LogP contribution in [-0.2, 0) is 11.3 Å². The van der Waals surface area contributed by atoms with Crippen molar-refractivity contribution in [3.8, 4) is 0 Å². The third-order valence-corrected chi connectivity index (χ3v) is 2.28. The normalized spacial score (nSPS) is 14.4. The maximum Gasteiger partial charge on any atom is 0.306 e. The number of aliphatic hydroxyl groups is 2. The van der Waals surface area contributed by atoms with E-state index >= 15 is 0 Å². The minimum Gasteiger partial charge on any atom is -0.481 e. The van der Waals surface area contributed by atoms with E-state index in [-0.39, 0.29) is 0 Å². The first-order valence-electron chi connectivity index (χ1n) is 4.91. The Morgan fingerprint density at radius 2 is 2.06 bits per heavy atom. The standard InChI is InChI=1S/C11H15NO4/c12-6-7-2-1-3-8(4-7)11(16)9(13)5-10(14)15/h1-4,9,11,13,16H,5-6,12H2,(H,14,15). The summed E-state index contributed by atoms with van der Waals surface area (Å²) in [4.78, 5) is 10.4. The number of hydrogen-bond donors (Lipinski definition) is 4. The molecule has 0 aliphatic heterocycles. The summed E-state index contributed by atoms with van der Waals surface area (Å²) in [6, 6.07) is 6.76. The number of aliphatic hydroxyl groups excluding tert-OH is 2. The summed E-state index contributed by atoms with van der Waals surface area (Å²) in [5.74, 6) is -1.15. The molecule has 2 atom stereocenters. The molecule has 1 rings (SSSR count). The third kappa shape index (κ3) is 3.30. The summed E-state index contributed by atoms with van der Waals surface area (Å²) in [7, 11) is 0. The van der Waals surface area contributed by atoms with Gasteiger partial charge in [-0.1, -0.05) is 24.3 Å². The minimum absolute atomic E-state index is 0.329. The number of carboxylic acid groups (broad SMARTS) is 1. The summed E-state index contributed by atoms with van der Waals surface area (Å²) >= 11 is 0. The van der Waals surface area contributed by atoms with Gasteiger partial charge in [-0.2, -0.15) is 0 Å². The van der Waals surface area contributed by atoms with Crippen molar-refractivity contribution >= 4 is 5.97 Å². The van der Waals surface area contributed by atoms with Gasteiger partial charge >= 0.3 is 5.97 Å². The second kappa shape index (κ2) is 5.60. The molecule has 0 aliphatic rings. The first-order valence-corrected chi connectivity index (χ1v) is 4.91. The van der Waals surface area contributed by atoms with Crippen LogP contribution in [0.15, 0.2) is 24.3 Å². The Balaban J connectivity index is 2.78. The highest BCUT2D eigenvalue weighted by molar-refractivity contribution is 5.67. The highest BCUT2D eigenvalue weighted by Gasteiger charge is 2.21. The highest BCUT2D eigenvalue weighted by atomic mass is 16.4. The Morgan fingerprint density at radius 3 is 2.62 bits per heavy atom. The van der Waals surface area contributed by atoms with Crippen LogP contribution in [0.4, 0.5) is 0 Å². The van der Waals surface area contributed by atoms with Crippen LogP contribution >= 0.6 is 0 Å². The van der Waals surface area contributed by atoms with Gasteiger partial charge in [-0.15, -0.1) is 0 Å². The van der Waals surface area contributed by atoms with E-state index in [1.165, 1.54) is 0 Å². The number of carboxylic acids is 1. The SMILES string of the molecule is NCc1cccc(C(O)C(O)CC(=O)O)c1. The Labute approximate surface area is 93.1 Å². The van der Waals surface area contributed by atoms with Crippen molar-refractivity contribution in [2.75, 3.05) is 0 Å². The highest BCUT2D eigenvalue weighted by Crippen LogP contribution is 2.19. The van der Waals surface area contributed by atoms with E-state index in [1.807, 2.05) is 0 Å². The summed E-state index contributed by atoms with van der Waals surface area (Å²) in [6.45, 7) is 0.329. The zero-order chi connectivity index (χ0) is 12.1. The predicted molar refractivity (Wildman–Crippen MR) is 57.6 cm³/mol. The molecule has 0 amide bonds. The molecule has 0 bridgehead atoms. The van der Waals surface area contributed by atoms with Crippen LogP contribution in [0.1, 0.15) is 23.7 Å². The van der Waals surface area contributed by atoms with E-state index in [0.717, 1.165) is 5.56 Å². The first kappa shape index (κ1) is 12.6. The average Bonchev–Trinajstić information content (AvgIpc) is 2.27. The molecular weight excluding hydrogens is 210 g/mol. The van der Waals surface area contributed by atoms with Gasteiger partial charge in [-0.3, -0.25) is 4.79 Å². The molecule has 0 saturated carbocycles. The topological polar surface area (TPSA) is 104 Å². The predicted octanol–water partition coefficient (Wildman–Crippen LogP) is 0.0143. The Morgan fingerprint density at radius 1 is 1.38 bits per heavy atom. The maximum atomic E-state index is 10.4. The molecule has 0 radical (unpaired) electrons. The molecule has 0 heterocycles. The number of aliphatic carboxylic acids is 1. The van der Waals surface area contributed by atoms with E-state index < -0.39 is 24.6 Å². The fourth-order valence-corrected chi connectivity index (χ4v) is 1.42. The van der Waals surface area contributed by atoms with Gasteiger partial charge in [0.2, 0.25) is 0 Å². The molecule has 2 unspecified atom stereocenters. The number of rotatable bonds is 5. The van der Waals surface area contributed by atoms with Crippen LogP contribution in [0.25, 0.3) is 0 Å². The van der Waals surface area contributed by atoms with E-state index in [0.29, 0.717) is 12.1 Å². The van der Waals surface area contributed by atoms with Gasteiger partial charge in [-0.25, -0.2) is 0 Å². The van der Waals surface area contributed by atoms with Crippen molar-refractivity contribution in [3.05, 3.63) is 35.4 Å². The second-order valence-electron chi connectivity index (χ2n) is 3.56. The molecule has 1 aromatic carbocycles. The molecule has 0 aliphatic carbocycles. The summed E-state index contributed by atoms with van der Waals surface area (Å²) in [5.41, 5.74) is 6.73. The molecule has 5 nitrogen and oxygen atoms in total. The van der Waals surface area contributed by atoms with Gasteiger partial charge in [0, 0.05) is 6.54 Å². The number of nitrogens with two attached hydrogens (primary N) is 1. The molecule has 88 valence electrons. The zero-order valence-electron chi connectivity index (χ0n) is 8.71. The van der Waals surface area contributed by atoms with Crippen LogP contribution < -0.4 is 5.73 Å². The lowest BCUT2D eigenvalue weighted by molar-refractivity contribution is -0.141. The molecule has 5 N–H and O–H groups in total. The van der Waals surface area contributed by atoms with Gasteiger partial charge in [0.1, 0.15) is 6.10 Å². The lowest BCUT2D eigenvalue weighted by Crippen LogP contribution is -2.21. The molecule has 1 aromatic rings. The van der Waals surface area contributed by atoms with Gasteiger partial charge in [0.05, 0.1) is 12.5 Å². The molecule has 16 heavy (non-hydrogen) atoms. The lowest BCUT2D eigenvalue weighted by Gasteiger charge is -2.17. The largest absolute Gasteiger partial charge is 0.481 e. The molecular formula is C11H15NO4. The monoisotopic (exact) mass is 225 g/mol. The summed E-state index contributed by atoms with van der Waals surface area (Å²) < 4.78 is 0. The fraction of sp³-hybridized carbons (Fsp3) is 0.364. The molecule has 0 saturated heterocycles. The van der Waals surface area contributed by atoms with Gasteiger partial charge in [-0.05, 0) is 11.1 Å². The fourth-order valence-electron chi connectivity index (χ4n) is 1.42. The van der Waals surface area contributed by atoms with Crippen LogP contribution in [0, 0.1) is 0 Å². The number of carbonyl (C=O) groups is 1. The van der Waals surface area contributed by atoms with Crippen molar-refractivity contribution in [2.24, 2.45) is 5.73 Å². The van der Waals surface area contributed by atoms with Gasteiger partial charge in [0.15, 0.2) is 0 Å². The maximum absolute atomic E-state index is 10.4. The van der Waals surface area contributed by atoms with Crippen molar-refractivity contribution in [3.63, 3.8) is 0 Å². The Kier molecular flexibility index (Phi) is 4.42. The molecule has 0 aromatic heterocycles. The van der Waals surface area contributed by atoms with Gasteiger partial charge in [0.25, 0.3) is 0 Å². The Hall–Kier alpha value is -1.43. The quantitative estimate of drug-likeness (QED) is 0.565. The van der Waals surface area contributed by atoms with Crippen LogP contribution in [-0.4, -0.2) is 27.4 Å². The van der Waals surface area contributed by atoms with Crippen LogP contribution in [0.3, 0.4) is 0 Å². The average molecular weight is 225 g/mol. The van der Waals surface area contributed by atoms with Crippen molar-refractivity contribution in [1.82, 2.24) is 0 Å². The van der Waals surface area contributed by atoms with Crippen molar-refractivity contribution in [2.45, 2.75) is 25.2 Å². The Bertz CT molecular complexity index is 367. The van der Waals surface area contributed by atoms with Crippen molar-refractivity contribution < 1.29 is 20.1 Å². The van der Waals surface area contributed by atoms with E-state index in [9.17, 15) is 15.0 Å². The summed E-state index contributed by atoms with van der Waals surface area (Å²) in [6.07, 6.45) is -3.01. The molecule has 5 heteroatoms. The first-order chi connectivity index (χ1) is 7.54. The molecule has 0 spiro atoms. The molecule has 0 fully saturated rings. The zero-order valence-corrected chi connectivity index (χ0v) is 8.71. The van der Waals surface area contributed by atoms with E-state index in [1.54, 1.807) is 24.3 Å². The smallest absolute Gasteiger partial charge is 0.306 e. The number of benzene rings is 1. The van der Waals surface area contributed by atoms with Crippen LogP contribution in [0.2, 0.25) is 0 Å². The van der Waals surface area contributed by atoms with E-state index in [2.05, 4.69) is 0 Å². The van der Waals surface area contributed by atoms with E-state index in [4.69, 9.17) is 10.8 Å². The van der Waals surface area contributed by atoms with Crippen molar-refractivity contribution in [1.29, 1.82) is 0 Å². The second-order valence-corrected chi connectivity index (χ2v) is 3.56. The van der Waals surface area contributed by atoms with Crippen LogP contribution in [0.5, 0.6) is 0 Å². The van der Waals surface area contributed by atoms with Gasteiger partial charge < -0.3 is 21.1 Å². The lowest BCUT2D eigenvalue weighted by atomic mass is 10.0. The minimum atomic E-state index is -1.31.